The van der Waals surface area contributed by atoms with Crippen molar-refractivity contribution in [3.05, 3.63) is 71.6 Å². The largest absolute Gasteiger partial charge is 0.493 e. The number of anilines is 1. The zero-order valence-electron chi connectivity index (χ0n) is 17.4. The van der Waals surface area contributed by atoms with Gasteiger partial charge in [-0.25, -0.2) is 5.01 Å². The number of ether oxygens (including phenoxy) is 2. The highest BCUT2D eigenvalue weighted by Crippen LogP contribution is 2.30. The van der Waals surface area contributed by atoms with E-state index in [0.717, 1.165) is 28.6 Å². The lowest BCUT2D eigenvalue weighted by Gasteiger charge is -2.24. The summed E-state index contributed by atoms with van der Waals surface area (Å²) in [5, 5.41) is 12.1. The third-order valence-electron chi connectivity index (χ3n) is 4.75. The van der Waals surface area contributed by atoms with E-state index in [2.05, 4.69) is 15.6 Å². The highest BCUT2D eigenvalue weighted by Gasteiger charge is 2.24. The molecule has 1 aliphatic rings. The first-order valence-electron chi connectivity index (χ1n) is 9.63. The standard InChI is InChI=1S/C22H20N4O5S/c1-29-18-8-7-14(11-20(18)30-2)17-13-32-22(28)26(25-17)12-15-5-3-4-6-16(15)24-21(27)19-9-10-23-31-19/h3-11H,12-13H2,1-2H3,(H,24,27). The Morgan fingerprint density at radius 3 is 2.72 bits per heavy atom. The Kier molecular flexibility index (Phi) is 6.41. The maximum atomic E-state index is 12.5. The van der Waals surface area contributed by atoms with E-state index in [1.165, 1.54) is 17.3 Å². The number of nitrogens with one attached hydrogen (secondary N) is 1. The van der Waals surface area contributed by atoms with E-state index in [1.54, 1.807) is 32.4 Å². The van der Waals surface area contributed by atoms with E-state index in [-0.39, 0.29) is 17.5 Å². The lowest BCUT2D eigenvalue weighted by molar-refractivity contribution is 0.0987. The third-order valence-corrected chi connectivity index (χ3v) is 5.62. The smallest absolute Gasteiger partial charge is 0.302 e. The summed E-state index contributed by atoms with van der Waals surface area (Å²) in [5.74, 6) is 1.31. The van der Waals surface area contributed by atoms with Crippen molar-refractivity contribution in [1.29, 1.82) is 0 Å². The lowest BCUT2D eigenvalue weighted by Crippen LogP contribution is -2.30. The van der Waals surface area contributed by atoms with Crippen molar-refractivity contribution < 1.29 is 23.6 Å². The van der Waals surface area contributed by atoms with Crippen molar-refractivity contribution in [2.24, 2.45) is 5.10 Å². The van der Waals surface area contributed by atoms with Crippen LogP contribution in [0.15, 0.2) is 64.4 Å². The van der Waals surface area contributed by atoms with Crippen molar-refractivity contribution in [1.82, 2.24) is 10.2 Å². The van der Waals surface area contributed by atoms with E-state index < -0.39 is 5.91 Å². The number of carbonyl (C=O) groups is 2. The minimum absolute atomic E-state index is 0.0955. The van der Waals surface area contributed by atoms with Crippen LogP contribution < -0.4 is 14.8 Å². The number of hydrazone groups is 1. The second-order valence-corrected chi connectivity index (χ2v) is 7.64. The molecular weight excluding hydrogens is 432 g/mol. The zero-order chi connectivity index (χ0) is 22.5. The number of hydrogen-bond acceptors (Lipinski definition) is 8. The van der Waals surface area contributed by atoms with Gasteiger partial charge in [-0.05, 0) is 29.8 Å². The van der Waals surface area contributed by atoms with Gasteiger partial charge in [-0.1, -0.05) is 35.1 Å². The minimum atomic E-state index is -0.427. The SMILES string of the molecule is COc1ccc(C2=NN(Cc3ccccc3NC(=O)c3ccno3)C(=O)SC2)cc1OC. The van der Waals surface area contributed by atoms with E-state index in [4.69, 9.17) is 14.0 Å². The van der Waals surface area contributed by atoms with Crippen LogP contribution in [0.3, 0.4) is 0 Å². The molecule has 4 rings (SSSR count). The fourth-order valence-electron chi connectivity index (χ4n) is 3.14. The van der Waals surface area contributed by atoms with Crippen molar-refractivity contribution in [3.63, 3.8) is 0 Å². The predicted octanol–water partition coefficient (Wildman–Crippen LogP) is 4.02. The first kappa shape index (κ1) is 21.4. The van der Waals surface area contributed by atoms with Gasteiger partial charge in [-0.15, -0.1) is 0 Å². The Morgan fingerprint density at radius 1 is 1.16 bits per heavy atom. The van der Waals surface area contributed by atoms with Crippen LogP contribution in [-0.2, 0) is 6.54 Å². The molecule has 0 saturated heterocycles. The maximum Gasteiger partial charge on any atom is 0.302 e. The Hall–Kier alpha value is -3.79. The summed E-state index contributed by atoms with van der Waals surface area (Å²) in [7, 11) is 3.14. The van der Waals surface area contributed by atoms with Crippen molar-refractivity contribution in [3.8, 4) is 11.5 Å². The molecule has 2 aromatic carbocycles. The number of hydrogen-bond donors (Lipinski definition) is 1. The average molecular weight is 452 g/mol. The topological polar surface area (TPSA) is 106 Å². The second-order valence-electron chi connectivity index (χ2n) is 6.72. The van der Waals surface area contributed by atoms with Crippen LogP contribution in [0.5, 0.6) is 11.5 Å². The summed E-state index contributed by atoms with van der Waals surface area (Å²) in [6.07, 6.45) is 1.40. The molecule has 2 amide bonds. The molecule has 2 heterocycles. The van der Waals surface area contributed by atoms with Gasteiger partial charge in [0.2, 0.25) is 5.76 Å². The molecular formula is C22H20N4O5S. The van der Waals surface area contributed by atoms with Gasteiger partial charge in [0.15, 0.2) is 11.5 Å². The van der Waals surface area contributed by atoms with Gasteiger partial charge in [0.25, 0.3) is 5.91 Å². The van der Waals surface area contributed by atoms with Crippen LogP contribution in [0.25, 0.3) is 0 Å². The molecule has 0 bridgehead atoms. The number of aromatic nitrogens is 1. The molecule has 0 fully saturated rings. The van der Waals surface area contributed by atoms with Crippen LogP contribution in [0, 0.1) is 0 Å². The highest BCUT2D eigenvalue weighted by molar-refractivity contribution is 8.14. The molecule has 0 spiro atoms. The molecule has 1 aromatic heterocycles. The molecule has 0 radical (unpaired) electrons. The molecule has 3 aromatic rings. The van der Waals surface area contributed by atoms with Crippen molar-refractivity contribution in [2.75, 3.05) is 25.3 Å². The predicted molar refractivity (Wildman–Crippen MR) is 120 cm³/mol. The summed E-state index contributed by atoms with van der Waals surface area (Å²) in [6, 6.07) is 14.2. The number of nitrogens with zero attached hydrogens (tertiary/aromatic N) is 3. The van der Waals surface area contributed by atoms with Gasteiger partial charge >= 0.3 is 5.24 Å². The highest BCUT2D eigenvalue weighted by atomic mass is 32.2. The average Bonchev–Trinajstić information content (AvgIpc) is 3.36. The molecule has 1 N–H and O–H groups in total. The van der Waals surface area contributed by atoms with Gasteiger partial charge in [0.1, 0.15) is 0 Å². The summed E-state index contributed by atoms with van der Waals surface area (Å²) in [6.45, 7) is 0.190. The van der Waals surface area contributed by atoms with E-state index in [1.807, 2.05) is 24.3 Å². The molecule has 9 nitrogen and oxygen atoms in total. The monoisotopic (exact) mass is 452 g/mol. The van der Waals surface area contributed by atoms with Crippen LogP contribution in [-0.4, -0.2) is 47.0 Å². The number of amides is 2. The molecule has 0 unspecified atom stereocenters. The molecule has 1 aliphatic heterocycles. The van der Waals surface area contributed by atoms with Crippen LogP contribution in [0.4, 0.5) is 10.5 Å². The fraction of sp³-hybridized carbons (Fsp3) is 0.182. The van der Waals surface area contributed by atoms with Crippen LogP contribution in [0.2, 0.25) is 0 Å². The first-order valence-corrected chi connectivity index (χ1v) is 10.6. The van der Waals surface area contributed by atoms with Gasteiger partial charge in [0.05, 0.1) is 32.7 Å². The molecule has 32 heavy (non-hydrogen) atoms. The quantitative estimate of drug-likeness (QED) is 0.577. The number of methoxy groups -OCH3 is 2. The van der Waals surface area contributed by atoms with Gasteiger partial charge < -0.3 is 19.3 Å². The molecule has 164 valence electrons. The second kappa shape index (κ2) is 9.56. The molecule has 0 aliphatic carbocycles. The van der Waals surface area contributed by atoms with E-state index in [9.17, 15) is 9.59 Å². The Bertz CT molecular complexity index is 1160. The number of benzene rings is 2. The summed E-state index contributed by atoms with van der Waals surface area (Å²) in [4.78, 5) is 24.9. The Labute approximate surface area is 188 Å². The van der Waals surface area contributed by atoms with Crippen molar-refractivity contribution in [2.45, 2.75) is 6.54 Å². The number of para-hydroxylation sites is 1. The zero-order valence-corrected chi connectivity index (χ0v) is 18.2. The van der Waals surface area contributed by atoms with Crippen molar-refractivity contribution >= 4 is 34.3 Å². The number of rotatable bonds is 7. The molecule has 0 atom stereocenters. The number of thioether (sulfide) groups is 1. The van der Waals surface area contributed by atoms with Gasteiger partial charge in [-0.2, -0.15) is 5.10 Å². The lowest BCUT2D eigenvalue weighted by atomic mass is 10.1. The normalized spacial score (nSPS) is 13.5. The fourth-order valence-corrected chi connectivity index (χ4v) is 3.87. The van der Waals surface area contributed by atoms with E-state index >= 15 is 0 Å². The van der Waals surface area contributed by atoms with Gasteiger partial charge in [-0.3, -0.25) is 9.59 Å². The summed E-state index contributed by atoms with van der Waals surface area (Å²) in [5.41, 5.74) is 2.85. The third kappa shape index (κ3) is 4.59. The minimum Gasteiger partial charge on any atom is -0.493 e. The van der Waals surface area contributed by atoms with Crippen LogP contribution in [0.1, 0.15) is 21.7 Å². The molecule has 0 saturated carbocycles. The maximum absolute atomic E-state index is 12.5. The van der Waals surface area contributed by atoms with Crippen LogP contribution >= 0.6 is 11.8 Å². The Morgan fingerprint density at radius 2 is 1.97 bits per heavy atom. The summed E-state index contributed by atoms with van der Waals surface area (Å²) >= 11 is 1.16. The van der Waals surface area contributed by atoms with Gasteiger partial charge in [0, 0.05) is 23.1 Å². The first-order chi connectivity index (χ1) is 15.6. The summed E-state index contributed by atoms with van der Waals surface area (Å²) < 4.78 is 15.6. The van der Waals surface area contributed by atoms with E-state index in [0.29, 0.717) is 22.9 Å². The Balaban J connectivity index is 1.58. The molecule has 10 heteroatoms. The number of carbonyl (C=O) groups excluding carboxylic acids is 2.